The van der Waals surface area contributed by atoms with Crippen molar-refractivity contribution in [2.75, 3.05) is 0 Å². The van der Waals surface area contributed by atoms with Crippen LogP contribution in [0.2, 0.25) is 0 Å². The molecule has 0 bridgehead atoms. The first-order chi connectivity index (χ1) is 10.3. The molecule has 1 amide bonds. The van der Waals surface area contributed by atoms with Crippen molar-refractivity contribution in [2.24, 2.45) is 0 Å². The van der Waals surface area contributed by atoms with Crippen LogP contribution >= 0.6 is 0 Å². The average Bonchev–Trinajstić information content (AvgIpc) is 3.20. The number of nitrogens with zero attached hydrogens (tertiary/aromatic N) is 3. The number of hydrogen-bond acceptors (Lipinski definition) is 3. The maximum absolute atomic E-state index is 12.1. The maximum atomic E-state index is 12.1. The molecule has 0 aliphatic heterocycles. The summed E-state index contributed by atoms with van der Waals surface area (Å²) >= 11 is 0. The number of carbonyl (C=O) groups is 1. The van der Waals surface area contributed by atoms with Crippen LogP contribution in [0.4, 0.5) is 0 Å². The largest absolute Gasteiger partial charge is 0.349 e. The Balaban J connectivity index is 1.74. The molecular weight excluding hydrogens is 264 g/mol. The second-order valence-corrected chi connectivity index (χ2v) is 5.26. The van der Waals surface area contributed by atoms with Crippen LogP contribution in [0.1, 0.15) is 23.2 Å². The first-order valence-electron chi connectivity index (χ1n) is 7.01. The number of aromatic nitrogens is 3. The number of pyridine rings is 2. The van der Waals surface area contributed by atoms with E-state index in [2.05, 4.69) is 15.4 Å². The van der Waals surface area contributed by atoms with Crippen molar-refractivity contribution in [3.05, 3.63) is 54.4 Å². The summed E-state index contributed by atoms with van der Waals surface area (Å²) in [5.41, 5.74) is 3.25. The molecular formula is C16H14N4O. The Morgan fingerprint density at radius 3 is 2.95 bits per heavy atom. The van der Waals surface area contributed by atoms with Gasteiger partial charge in [-0.3, -0.25) is 9.78 Å². The third-order valence-corrected chi connectivity index (χ3v) is 3.62. The molecule has 0 aromatic carbocycles. The lowest BCUT2D eigenvalue weighted by Crippen LogP contribution is -2.25. The normalized spacial score (nSPS) is 14.3. The van der Waals surface area contributed by atoms with E-state index >= 15 is 0 Å². The molecule has 1 N–H and O–H groups in total. The molecule has 1 saturated carbocycles. The zero-order valence-electron chi connectivity index (χ0n) is 11.4. The predicted molar refractivity (Wildman–Crippen MR) is 78.9 cm³/mol. The maximum Gasteiger partial charge on any atom is 0.251 e. The van der Waals surface area contributed by atoms with Gasteiger partial charge < -0.3 is 5.32 Å². The van der Waals surface area contributed by atoms with Gasteiger partial charge in [0.15, 0.2) is 0 Å². The van der Waals surface area contributed by atoms with Crippen LogP contribution in [0.15, 0.2) is 48.8 Å². The highest BCUT2D eigenvalue weighted by molar-refractivity contribution is 5.95. The van der Waals surface area contributed by atoms with Gasteiger partial charge in [0.25, 0.3) is 5.91 Å². The average molecular weight is 278 g/mol. The summed E-state index contributed by atoms with van der Waals surface area (Å²) in [4.78, 5) is 16.5. The minimum Gasteiger partial charge on any atom is -0.349 e. The van der Waals surface area contributed by atoms with Gasteiger partial charge in [-0.15, -0.1) is 0 Å². The summed E-state index contributed by atoms with van der Waals surface area (Å²) in [6.45, 7) is 0. The number of carbonyl (C=O) groups excluding carboxylic acids is 1. The van der Waals surface area contributed by atoms with Crippen molar-refractivity contribution in [1.82, 2.24) is 19.9 Å². The van der Waals surface area contributed by atoms with Crippen LogP contribution in [0.25, 0.3) is 16.9 Å². The van der Waals surface area contributed by atoms with Gasteiger partial charge in [-0.25, -0.2) is 4.52 Å². The van der Waals surface area contributed by atoms with Crippen molar-refractivity contribution < 1.29 is 4.79 Å². The lowest BCUT2D eigenvalue weighted by Gasteiger charge is -2.07. The Hall–Kier alpha value is -2.69. The molecule has 3 heterocycles. The van der Waals surface area contributed by atoms with Gasteiger partial charge in [-0.1, -0.05) is 6.07 Å². The molecule has 3 aromatic rings. The summed E-state index contributed by atoms with van der Waals surface area (Å²) in [6.07, 6.45) is 5.58. The van der Waals surface area contributed by atoms with Crippen LogP contribution in [0.5, 0.6) is 0 Å². The summed E-state index contributed by atoms with van der Waals surface area (Å²) in [7, 11) is 0. The number of hydrogen-bond donors (Lipinski definition) is 1. The SMILES string of the molecule is O=C(NC1CC1)c1ccnc(-c2cccc3ccnn23)c1. The van der Waals surface area contributed by atoms with Crippen molar-refractivity contribution in [1.29, 1.82) is 0 Å². The molecule has 5 heteroatoms. The van der Waals surface area contributed by atoms with Crippen LogP contribution in [0.3, 0.4) is 0 Å². The predicted octanol–water partition coefficient (Wildman–Crippen LogP) is 2.29. The number of fused-ring (bicyclic) bond motifs is 1. The molecule has 0 spiro atoms. The summed E-state index contributed by atoms with van der Waals surface area (Å²) < 4.78 is 1.82. The Morgan fingerprint density at radius 1 is 1.19 bits per heavy atom. The van der Waals surface area contributed by atoms with Gasteiger partial charge in [0, 0.05) is 17.8 Å². The molecule has 0 unspecified atom stereocenters. The molecule has 0 radical (unpaired) electrons. The van der Waals surface area contributed by atoms with Crippen molar-refractivity contribution >= 4 is 11.4 Å². The molecule has 5 nitrogen and oxygen atoms in total. The molecule has 1 fully saturated rings. The molecule has 0 atom stereocenters. The highest BCUT2D eigenvalue weighted by Crippen LogP contribution is 2.21. The monoisotopic (exact) mass is 278 g/mol. The Labute approximate surface area is 121 Å². The summed E-state index contributed by atoms with van der Waals surface area (Å²) in [5, 5.41) is 7.30. The topological polar surface area (TPSA) is 59.3 Å². The Kier molecular flexibility index (Phi) is 2.70. The molecule has 1 aliphatic carbocycles. The summed E-state index contributed by atoms with van der Waals surface area (Å²) in [5.74, 6) is -0.0335. The van der Waals surface area contributed by atoms with E-state index < -0.39 is 0 Å². The highest BCUT2D eigenvalue weighted by atomic mass is 16.1. The van der Waals surface area contributed by atoms with Gasteiger partial charge >= 0.3 is 0 Å². The van der Waals surface area contributed by atoms with Crippen molar-refractivity contribution in [3.63, 3.8) is 0 Å². The van der Waals surface area contributed by atoms with Crippen LogP contribution in [0, 0.1) is 0 Å². The lowest BCUT2D eigenvalue weighted by atomic mass is 10.1. The van der Waals surface area contributed by atoms with E-state index in [1.54, 1.807) is 18.5 Å². The zero-order valence-corrected chi connectivity index (χ0v) is 11.4. The fourth-order valence-electron chi connectivity index (χ4n) is 2.35. The molecule has 0 saturated heterocycles. The molecule has 104 valence electrons. The van der Waals surface area contributed by atoms with E-state index in [9.17, 15) is 4.79 Å². The number of nitrogens with one attached hydrogen (secondary N) is 1. The van der Waals surface area contributed by atoms with E-state index in [0.29, 0.717) is 11.6 Å². The minimum atomic E-state index is -0.0335. The fraction of sp³-hybridized carbons (Fsp3) is 0.188. The number of rotatable bonds is 3. The van der Waals surface area contributed by atoms with E-state index in [1.165, 1.54) is 0 Å². The van der Waals surface area contributed by atoms with E-state index in [4.69, 9.17) is 0 Å². The first kappa shape index (κ1) is 12.1. The highest BCUT2D eigenvalue weighted by Gasteiger charge is 2.24. The summed E-state index contributed by atoms with van der Waals surface area (Å²) in [6, 6.07) is 11.7. The minimum absolute atomic E-state index is 0.0335. The Bertz CT molecular complexity index is 820. The second-order valence-electron chi connectivity index (χ2n) is 5.26. The van der Waals surface area contributed by atoms with Crippen molar-refractivity contribution in [3.8, 4) is 11.4 Å². The van der Waals surface area contributed by atoms with Gasteiger partial charge in [0.1, 0.15) is 0 Å². The third kappa shape index (κ3) is 2.27. The van der Waals surface area contributed by atoms with Gasteiger partial charge in [-0.05, 0) is 43.2 Å². The zero-order chi connectivity index (χ0) is 14.2. The Morgan fingerprint density at radius 2 is 2.10 bits per heavy atom. The first-order valence-corrected chi connectivity index (χ1v) is 7.01. The van der Waals surface area contributed by atoms with E-state index in [-0.39, 0.29) is 5.91 Å². The lowest BCUT2D eigenvalue weighted by molar-refractivity contribution is 0.0951. The molecule has 1 aliphatic rings. The molecule has 4 rings (SSSR count). The van der Waals surface area contributed by atoms with Gasteiger partial charge in [0.05, 0.1) is 23.1 Å². The van der Waals surface area contributed by atoms with Crippen molar-refractivity contribution in [2.45, 2.75) is 18.9 Å². The van der Waals surface area contributed by atoms with E-state index in [0.717, 1.165) is 29.7 Å². The smallest absolute Gasteiger partial charge is 0.251 e. The fourth-order valence-corrected chi connectivity index (χ4v) is 2.35. The van der Waals surface area contributed by atoms with Gasteiger partial charge in [-0.2, -0.15) is 5.10 Å². The second kappa shape index (κ2) is 4.70. The van der Waals surface area contributed by atoms with Crippen LogP contribution in [-0.2, 0) is 0 Å². The van der Waals surface area contributed by atoms with Gasteiger partial charge in [0.2, 0.25) is 0 Å². The number of amides is 1. The molecule has 21 heavy (non-hydrogen) atoms. The quantitative estimate of drug-likeness (QED) is 0.799. The van der Waals surface area contributed by atoms with Crippen LogP contribution < -0.4 is 5.32 Å². The van der Waals surface area contributed by atoms with E-state index in [1.807, 2.05) is 34.8 Å². The standard InChI is InChI=1S/C16H14N4O/c21-16(19-12-4-5-12)11-6-8-17-14(10-11)15-3-1-2-13-7-9-18-20(13)15/h1-3,6-10,12H,4-5H2,(H,19,21). The van der Waals surface area contributed by atoms with Crippen LogP contribution in [-0.4, -0.2) is 26.5 Å². The third-order valence-electron chi connectivity index (χ3n) is 3.62. The molecule has 3 aromatic heterocycles.